The molecule has 4 aromatic carbocycles. The lowest BCUT2D eigenvalue weighted by Crippen LogP contribution is -2.12. The number of ketones is 2. The molecular formula is C32H27NO2. The molecule has 0 heterocycles. The molecule has 1 aliphatic rings. The summed E-state index contributed by atoms with van der Waals surface area (Å²) in [7, 11) is 0. The maximum Gasteiger partial charge on any atom is 0.197 e. The zero-order chi connectivity index (χ0) is 24.6. The molecule has 0 saturated carbocycles. The molecule has 0 amide bonds. The number of Topliss-reactive ketones (excluding diaryl/α,β-unsaturated/α-hetero) is 2. The first-order chi connectivity index (χ1) is 16.8. The Morgan fingerprint density at radius 1 is 0.600 bits per heavy atom. The summed E-state index contributed by atoms with van der Waals surface area (Å²) in [5, 5.41) is 0. The lowest BCUT2D eigenvalue weighted by Gasteiger charge is -2.25. The first-order valence-electron chi connectivity index (χ1n) is 11.8. The molecule has 172 valence electrons. The van der Waals surface area contributed by atoms with Crippen LogP contribution in [0.2, 0.25) is 0 Å². The summed E-state index contributed by atoms with van der Waals surface area (Å²) in [4.78, 5) is 28.3. The third-order valence-electron chi connectivity index (χ3n) is 6.36. The zero-order valence-corrected chi connectivity index (χ0v) is 20.2. The highest BCUT2D eigenvalue weighted by Crippen LogP contribution is 2.35. The molecule has 0 aromatic heterocycles. The van der Waals surface area contributed by atoms with Crippen LogP contribution in [-0.4, -0.2) is 11.6 Å². The van der Waals surface area contributed by atoms with Gasteiger partial charge in [-0.15, -0.1) is 0 Å². The number of para-hydroxylation sites is 2. The second-order valence-electron chi connectivity index (χ2n) is 9.82. The van der Waals surface area contributed by atoms with E-state index in [2.05, 4.69) is 49.9 Å². The van der Waals surface area contributed by atoms with Gasteiger partial charge in [0, 0.05) is 28.2 Å². The molecule has 0 bridgehead atoms. The summed E-state index contributed by atoms with van der Waals surface area (Å²) in [5.74, 6) is -0.403. The summed E-state index contributed by atoms with van der Waals surface area (Å²) in [6, 6.07) is 33.9. The van der Waals surface area contributed by atoms with E-state index in [9.17, 15) is 9.59 Å². The van der Waals surface area contributed by atoms with Crippen molar-refractivity contribution in [3.05, 3.63) is 131 Å². The predicted molar refractivity (Wildman–Crippen MR) is 143 cm³/mol. The van der Waals surface area contributed by atoms with Crippen molar-refractivity contribution in [1.82, 2.24) is 0 Å². The molecule has 4 aromatic rings. The molecule has 35 heavy (non-hydrogen) atoms. The van der Waals surface area contributed by atoms with Gasteiger partial charge in [-0.1, -0.05) is 75.4 Å². The number of anilines is 3. The van der Waals surface area contributed by atoms with Crippen LogP contribution in [0.5, 0.6) is 0 Å². The minimum absolute atomic E-state index is 0.0932. The van der Waals surface area contributed by atoms with Crippen LogP contribution in [0, 0.1) is 0 Å². The minimum atomic E-state index is -0.204. The Morgan fingerprint density at radius 3 is 1.66 bits per heavy atom. The highest BCUT2D eigenvalue weighted by Gasteiger charge is 2.34. The molecular weight excluding hydrogens is 430 g/mol. The van der Waals surface area contributed by atoms with Crippen LogP contribution in [0.1, 0.15) is 52.6 Å². The summed E-state index contributed by atoms with van der Waals surface area (Å²) in [6.07, 6.45) is 1.71. The number of nitrogens with zero attached hydrogens (tertiary/aromatic N) is 1. The number of hydrogen-bond donors (Lipinski definition) is 0. The topological polar surface area (TPSA) is 37.4 Å². The van der Waals surface area contributed by atoms with Crippen molar-refractivity contribution in [2.75, 3.05) is 4.90 Å². The van der Waals surface area contributed by atoms with Crippen molar-refractivity contribution in [1.29, 1.82) is 0 Å². The molecule has 3 heteroatoms. The second-order valence-corrected chi connectivity index (χ2v) is 9.82. The summed E-state index contributed by atoms with van der Waals surface area (Å²) >= 11 is 0. The molecule has 1 aliphatic carbocycles. The van der Waals surface area contributed by atoms with Gasteiger partial charge < -0.3 is 4.90 Å². The van der Waals surface area contributed by atoms with Gasteiger partial charge in [0.15, 0.2) is 11.6 Å². The van der Waals surface area contributed by atoms with Crippen molar-refractivity contribution >= 4 is 34.7 Å². The van der Waals surface area contributed by atoms with Crippen molar-refractivity contribution in [3.63, 3.8) is 0 Å². The third-order valence-corrected chi connectivity index (χ3v) is 6.36. The Bertz CT molecular complexity index is 1390. The molecule has 5 rings (SSSR count). The van der Waals surface area contributed by atoms with Crippen LogP contribution >= 0.6 is 0 Å². The van der Waals surface area contributed by atoms with Gasteiger partial charge in [0.05, 0.1) is 5.57 Å². The van der Waals surface area contributed by atoms with Gasteiger partial charge in [-0.2, -0.15) is 0 Å². The molecule has 0 spiro atoms. The molecule has 0 saturated heterocycles. The van der Waals surface area contributed by atoms with Gasteiger partial charge in [-0.05, 0) is 71.1 Å². The number of carbonyl (C=O) groups excluding carboxylic acids is 2. The van der Waals surface area contributed by atoms with E-state index >= 15 is 0 Å². The second kappa shape index (κ2) is 8.84. The van der Waals surface area contributed by atoms with E-state index in [0.717, 1.165) is 28.2 Å². The van der Waals surface area contributed by atoms with Crippen LogP contribution < -0.4 is 4.90 Å². The molecule has 0 fully saturated rings. The molecule has 3 nitrogen and oxygen atoms in total. The Morgan fingerprint density at radius 2 is 1.11 bits per heavy atom. The number of fused-ring (bicyclic) bond motifs is 1. The number of carbonyl (C=O) groups is 2. The van der Waals surface area contributed by atoms with Gasteiger partial charge in [0.2, 0.25) is 0 Å². The molecule has 0 aliphatic heterocycles. The third kappa shape index (κ3) is 4.33. The Balaban J connectivity index is 1.48. The molecule has 0 unspecified atom stereocenters. The van der Waals surface area contributed by atoms with Crippen LogP contribution in [0.15, 0.2) is 109 Å². The van der Waals surface area contributed by atoms with Crippen molar-refractivity contribution in [2.45, 2.75) is 26.2 Å². The fraction of sp³-hybridized carbons (Fsp3) is 0.125. The first-order valence-corrected chi connectivity index (χ1v) is 11.8. The highest BCUT2D eigenvalue weighted by molar-refractivity contribution is 6.41. The monoisotopic (exact) mass is 457 g/mol. The smallest absolute Gasteiger partial charge is 0.197 e. The van der Waals surface area contributed by atoms with Crippen LogP contribution in [0.25, 0.3) is 6.08 Å². The summed E-state index contributed by atoms with van der Waals surface area (Å²) in [5.41, 5.74) is 6.08. The van der Waals surface area contributed by atoms with Crippen LogP contribution in [-0.2, 0) is 5.41 Å². The largest absolute Gasteiger partial charge is 0.311 e. The van der Waals surface area contributed by atoms with Crippen molar-refractivity contribution in [2.24, 2.45) is 0 Å². The Labute approximate surface area is 206 Å². The maximum absolute atomic E-state index is 13.1. The van der Waals surface area contributed by atoms with Gasteiger partial charge in [0.1, 0.15) is 0 Å². The Kier molecular flexibility index (Phi) is 5.70. The average molecular weight is 458 g/mol. The highest BCUT2D eigenvalue weighted by atomic mass is 16.2. The molecule has 0 radical (unpaired) electrons. The van der Waals surface area contributed by atoms with Crippen molar-refractivity contribution in [3.8, 4) is 0 Å². The summed E-state index contributed by atoms with van der Waals surface area (Å²) in [6.45, 7) is 6.30. The van der Waals surface area contributed by atoms with E-state index in [4.69, 9.17) is 0 Å². The van der Waals surface area contributed by atoms with Gasteiger partial charge in [-0.25, -0.2) is 0 Å². The Hall–Kier alpha value is -4.24. The lowest BCUT2D eigenvalue weighted by molar-refractivity contribution is 0.0990. The predicted octanol–water partition coefficient (Wildman–Crippen LogP) is 7.92. The van der Waals surface area contributed by atoms with E-state index in [1.807, 2.05) is 72.8 Å². The average Bonchev–Trinajstić information content (AvgIpc) is 3.10. The maximum atomic E-state index is 13.1. The van der Waals surface area contributed by atoms with Gasteiger partial charge >= 0.3 is 0 Å². The van der Waals surface area contributed by atoms with Crippen molar-refractivity contribution < 1.29 is 9.59 Å². The van der Waals surface area contributed by atoms with Crippen LogP contribution in [0.4, 0.5) is 17.1 Å². The number of allylic oxidation sites excluding steroid dienone is 1. The van der Waals surface area contributed by atoms with Crippen LogP contribution in [0.3, 0.4) is 0 Å². The fourth-order valence-corrected chi connectivity index (χ4v) is 4.41. The number of hydrogen-bond acceptors (Lipinski definition) is 3. The lowest BCUT2D eigenvalue weighted by atomic mass is 9.85. The fourth-order valence-electron chi connectivity index (χ4n) is 4.41. The first kappa shape index (κ1) is 22.5. The van der Waals surface area contributed by atoms with E-state index in [0.29, 0.717) is 11.1 Å². The standard InChI is InChI=1S/C32H27NO2/c1-32(2,3)23-16-19-27-28(21-23)31(35)29(30(27)34)20-22-14-17-26(18-15-22)33(24-10-6-4-7-11-24)25-12-8-5-9-13-25/h4-21H,1-3H3. The quantitative estimate of drug-likeness (QED) is 0.231. The van der Waals surface area contributed by atoms with Gasteiger partial charge in [0.25, 0.3) is 0 Å². The molecule has 0 atom stereocenters. The zero-order valence-electron chi connectivity index (χ0n) is 20.2. The minimum Gasteiger partial charge on any atom is -0.311 e. The number of rotatable bonds is 4. The SMILES string of the molecule is CC(C)(C)c1ccc2c(c1)C(=O)C(=Cc1ccc(N(c3ccccc3)c3ccccc3)cc1)C2=O. The van der Waals surface area contributed by atoms with E-state index in [-0.39, 0.29) is 22.6 Å². The number of benzene rings is 4. The normalized spacial score (nSPS) is 14.3. The summed E-state index contributed by atoms with van der Waals surface area (Å²) < 4.78 is 0. The van der Waals surface area contributed by atoms with E-state index in [1.54, 1.807) is 12.1 Å². The molecule has 0 N–H and O–H groups in total. The van der Waals surface area contributed by atoms with E-state index in [1.165, 1.54) is 0 Å². The van der Waals surface area contributed by atoms with Gasteiger partial charge in [-0.3, -0.25) is 9.59 Å². The van der Waals surface area contributed by atoms with E-state index < -0.39 is 0 Å².